The van der Waals surface area contributed by atoms with Crippen molar-refractivity contribution in [2.75, 3.05) is 0 Å². The molecule has 0 aromatic carbocycles. The Labute approximate surface area is 97.1 Å². The second-order valence-corrected chi connectivity index (χ2v) is 4.22. The van der Waals surface area contributed by atoms with E-state index in [1.807, 2.05) is 0 Å². The molecule has 0 unspecified atom stereocenters. The van der Waals surface area contributed by atoms with E-state index >= 15 is 0 Å². The predicted molar refractivity (Wildman–Crippen MR) is 60.1 cm³/mol. The Kier molecular flexibility index (Phi) is 71.7. The van der Waals surface area contributed by atoms with Crippen LogP contribution in [0.15, 0.2) is 0 Å². The maximum atomic E-state index is 4.89. The van der Waals surface area contributed by atoms with E-state index < -0.39 is 17.0 Å². The summed E-state index contributed by atoms with van der Waals surface area (Å²) in [4.78, 5) is 0. The molecule has 1 aliphatic rings. The third-order valence-electron chi connectivity index (χ3n) is 1.07. The molecule has 3 heteroatoms. The van der Waals surface area contributed by atoms with Crippen molar-refractivity contribution in [3.63, 3.8) is 0 Å². The van der Waals surface area contributed by atoms with Crippen molar-refractivity contribution in [1.29, 1.82) is 0 Å². The molecule has 80 valence electrons. The van der Waals surface area contributed by atoms with Gasteiger partial charge in [0.05, 0.1) is 0 Å². The molecule has 1 fully saturated rings. The van der Waals surface area contributed by atoms with Gasteiger partial charge in [-0.05, 0) is 0 Å². The molecule has 0 bridgehead atoms. The van der Waals surface area contributed by atoms with Crippen molar-refractivity contribution in [3.8, 4) is 0 Å². The van der Waals surface area contributed by atoms with Gasteiger partial charge >= 0.3 is 35.6 Å². The third-order valence-corrected chi connectivity index (χ3v) is 1.07. The molecule has 0 amide bonds. The molecule has 0 saturated heterocycles. The SMILES string of the molecule is [CH-]1CCCC1.[CH3-].[CH3-].[CH3-].[CH3-].[Cl][Ti][Cl]. The molecule has 0 N–H and O–H groups in total. The Bertz CT molecular complexity index is 31.9. The fraction of sp³-hybridized carbons (Fsp3) is 0.444. The second kappa shape index (κ2) is 29.5. The summed E-state index contributed by atoms with van der Waals surface area (Å²) in [6.45, 7) is 0. The van der Waals surface area contributed by atoms with Crippen LogP contribution in [0.4, 0.5) is 0 Å². The third kappa shape index (κ3) is 30.2. The molecular formula is C9H21Cl2Ti-5. The predicted octanol–water partition coefficient (Wildman–Crippen LogP) is 4.94. The van der Waals surface area contributed by atoms with Gasteiger partial charge in [0.1, 0.15) is 0 Å². The monoisotopic (exact) mass is 247 g/mol. The summed E-state index contributed by atoms with van der Waals surface area (Å²) in [6, 6.07) is 0. The molecule has 0 radical (unpaired) electrons. The summed E-state index contributed by atoms with van der Waals surface area (Å²) < 4.78 is 0. The van der Waals surface area contributed by atoms with Crippen molar-refractivity contribution in [2.45, 2.75) is 25.7 Å². The Morgan fingerprint density at radius 2 is 1.08 bits per heavy atom. The Morgan fingerprint density at radius 3 is 1.17 bits per heavy atom. The van der Waals surface area contributed by atoms with E-state index in [1.54, 1.807) is 0 Å². The molecule has 0 aromatic rings. The van der Waals surface area contributed by atoms with Gasteiger partial charge in [-0.3, -0.25) is 0 Å². The average molecular weight is 248 g/mol. The number of hydrogen-bond donors (Lipinski definition) is 0. The molecular weight excluding hydrogens is 227 g/mol. The molecule has 0 heterocycles. The zero-order chi connectivity index (χ0) is 6.24. The van der Waals surface area contributed by atoms with E-state index in [-0.39, 0.29) is 29.7 Å². The van der Waals surface area contributed by atoms with Crippen LogP contribution in [-0.2, 0) is 17.0 Å². The van der Waals surface area contributed by atoms with Gasteiger partial charge in [-0.15, -0.1) is 0 Å². The van der Waals surface area contributed by atoms with E-state index in [9.17, 15) is 0 Å². The maximum absolute atomic E-state index is 4.89. The van der Waals surface area contributed by atoms with Crippen LogP contribution in [0.2, 0.25) is 0 Å². The summed E-state index contributed by atoms with van der Waals surface area (Å²) in [5, 5.41) is 0. The first-order valence-electron chi connectivity index (χ1n) is 2.69. The Balaban J connectivity index is -0.0000000219. The van der Waals surface area contributed by atoms with E-state index in [4.69, 9.17) is 18.6 Å². The fourth-order valence-corrected chi connectivity index (χ4v) is 0.722. The van der Waals surface area contributed by atoms with Crippen LogP contribution >= 0.6 is 18.6 Å². The first-order valence-corrected chi connectivity index (χ1v) is 6.99. The first-order chi connectivity index (χ1) is 3.91. The molecule has 1 aliphatic carbocycles. The van der Waals surface area contributed by atoms with Gasteiger partial charge in [0.15, 0.2) is 0 Å². The number of rotatable bonds is 0. The van der Waals surface area contributed by atoms with Crippen LogP contribution < -0.4 is 0 Å². The number of halogens is 2. The van der Waals surface area contributed by atoms with Gasteiger partial charge in [0, 0.05) is 0 Å². The summed E-state index contributed by atoms with van der Waals surface area (Å²) >= 11 is -0.556. The van der Waals surface area contributed by atoms with Crippen LogP contribution in [0.5, 0.6) is 0 Å². The molecule has 0 atom stereocenters. The zero-order valence-corrected chi connectivity index (χ0v) is 11.7. The summed E-state index contributed by atoms with van der Waals surface area (Å²) in [5.74, 6) is 0. The average Bonchev–Trinajstić information content (AvgIpc) is 2.17. The van der Waals surface area contributed by atoms with Crippen LogP contribution in [0.25, 0.3) is 0 Å². The van der Waals surface area contributed by atoms with Crippen LogP contribution in [0, 0.1) is 36.1 Å². The topological polar surface area (TPSA) is 0 Å². The zero-order valence-electron chi connectivity index (χ0n) is 8.66. The number of hydrogen-bond acceptors (Lipinski definition) is 0. The van der Waals surface area contributed by atoms with E-state index in [0.29, 0.717) is 0 Å². The normalized spacial score (nSPS) is 11.2. The van der Waals surface area contributed by atoms with E-state index in [2.05, 4.69) is 6.42 Å². The summed E-state index contributed by atoms with van der Waals surface area (Å²) in [7, 11) is 9.78. The van der Waals surface area contributed by atoms with E-state index in [1.165, 1.54) is 25.7 Å². The van der Waals surface area contributed by atoms with Gasteiger partial charge in [0.2, 0.25) is 0 Å². The minimum absolute atomic E-state index is 0. The quantitative estimate of drug-likeness (QED) is 0.420. The molecule has 12 heavy (non-hydrogen) atoms. The molecule has 1 rings (SSSR count). The van der Waals surface area contributed by atoms with Gasteiger partial charge in [-0.25, -0.2) is 0 Å². The standard InChI is InChI=1S/C5H9.4CH3.2ClH.Ti/c1-2-4-5-3-1;;;;;;;/h1H,2-5H2;4*1H3;2*1H;/q5*-1;;;+2/p-2. The van der Waals surface area contributed by atoms with Crippen LogP contribution in [0.3, 0.4) is 0 Å². The second-order valence-electron chi connectivity index (χ2n) is 1.64. The fourth-order valence-electron chi connectivity index (χ4n) is 0.722. The molecule has 1 saturated carbocycles. The molecule has 0 aliphatic heterocycles. The summed E-state index contributed by atoms with van der Waals surface area (Å²) in [6.07, 6.45) is 8.00. The van der Waals surface area contributed by atoms with Gasteiger partial charge in [-0.1, -0.05) is 12.8 Å². The van der Waals surface area contributed by atoms with Crippen molar-refractivity contribution in [1.82, 2.24) is 0 Å². The van der Waals surface area contributed by atoms with Crippen LogP contribution in [-0.4, -0.2) is 0 Å². The van der Waals surface area contributed by atoms with Crippen LogP contribution in [0.1, 0.15) is 25.7 Å². The van der Waals surface area contributed by atoms with Crippen molar-refractivity contribution < 1.29 is 17.0 Å². The van der Waals surface area contributed by atoms with Gasteiger partial charge in [0.25, 0.3) is 0 Å². The molecule has 0 nitrogen and oxygen atoms in total. The first kappa shape index (κ1) is 29.2. The van der Waals surface area contributed by atoms with E-state index in [0.717, 1.165) is 0 Å². The van der Waals surface area contributed by atoms with Gasteiger partial charge in [-0.2, -0.15) is 12.8 Å². The van der Waals surface area contributed by atoms with Crippen molar-refractivity contribution in [3.05, 3.63) is 36.1 Å². The molecule has 0 aromatic heterocycles. The minimum atomic E-state index is -0.556. The Hall–Kier alpha value is 1.29. The van der Waals surface area contributed by atoms with Crippen molar-refractivity contribution >= 4 is 18.6 Å². The molecule has 0 spiro atoms. The summed E-state index contributed by atoms with van der Waals surface area (Å²) in [5.41, 5.74) is 0. The Morgan fingerprint density at radius 1 is 0.833 bits per heavy atom. The van der Waals surface area contributed by atoms with Crippen molar-refractivity contribution in [2.24, 2.45) is 0 Å². The van der Waals surface area contributed by atoms with Gasteiger partial charge < -0.3 is 36.1 Å².